The molecular weight excluding hydrogens is 268 g/mol. The van der Waals surface area contributed by atoms with Crippen LogP contribution >= 0.6 is 0 Å². The van der Waals surface area contributed by atoms with E-state index < -0.39 is 0 Å². The van der Waals surface area contributed by atoms with Crippen molar-refractivity contribution < 1.29 is 14.6 Å². The largest absolute Gasteiger partial charge is 0.488 e. The molecule has 1 saturated carbocycles. The molecular formula is C16H24N2O3. The molecule has 3 N–H and O–H groups in total. The van der Waals surface area contributed by atoms with Crippen molar-refractivity contribution in [1.82, 2.24) is 5.32 Å². The molecule has 0 radical (unpaired) electrons. The number of anilines is 1. The van der Waals surface area contributed by atoms with Gasteiger partial charge in [-0.3, -0.25) is 0 Å². The first-order valence-electron chi connectivity index (χ1n) is 7.67. The molecule has 0 aromatic heterocycles. The number of nitrogens with one attached hydrogen (secondary N) is 2. The van der Waals surface area contributed by atoms with Gasteiger partial charge >= 0.3 is 6.03 Å². The van der Waals surface area contributed by atoms with Crippen molar-refractivity contribution in [3.05, 3.63) is 24.3 Å². The van der Waals surface area contributed by atoms with E-state index in [1.165, 1.54) is 12.8 Å². The number of hydrogen-bond donors (Lipinski definition) is 3. The minimum atomic E-state index is -0.321. The van der Waals surface area contributed by atoms with Gasteiger partial charge in [-0.05, 0) is 44.2 Å². The number of carbonyl (C=O) groups is 1. The number of urea groups is 1. The van der Waals surface area contributed by atoms with Crippen LogP contribution in [0.15, 0.2) is 24.3 Å². The van der Waals surface area contributed by atoms with E-state index in [9.17, 15) is 4.79 Å². The number of benzene rings is 1. The van der Waals surface area contributed by atoms with Crippen molar-refractivity contribution in [2.24, 2.45) is 0 Å². The second-order valence-electron chi connectivity index (χ2n) is 5.41. The van der Waals surface area contributed by atoms with E-state index in [1.54, 1.807) is 0 Å². The summed E-state index contributed by atoms with van der Waals surface area (Å²) in [6.07, 6.45) is 5.48. The van der Waals surface area contributed by atoms with Gasteiger partial charge in [0.15, 0.2) is 0 Å². The fourth-order valence-electron chi connectivity index (χ4n) is 2.48. The molecule has 0 bridgehead atoms. The lowest BCUT2D eigenvalue weighted by molar-refractivity contribution is 0.210. The van der Waals surface area contributed by atoms with Crippen LogP contribution < -0.4 is 15.4 Å². The molecule has 1 aliphatic carbocycles. The molecule has 2 amide bonds. The van der Waals surface area contributed by atoms with Crippen LogP contribution in [0.1, 0.15) is 39.0 Å². The Morgan fingerprint density at radius 1 is 1.38 bits per heavy atom. The molecule has 1 unspecified atom stereocenters. The third-order valence-corrected chi connectivity index (χ3v) is 3.78. The quantitative estimate of drug-likeness (QED) is 0.755. The van der Waals surface area contributed by atoms with E-state index in [4.69, 9.17) is 9.84 Å². The van der Waals surface area contributed by atoms with E-state index in [-0.39, 0.29) is 24.8 Å². The fraction of sp³-hybridized carbons (Fsp3) is 0.562. The topological polar surface area (TPSA) is 70.6 Å². The lowest BCUT2D eigenvalue weighted by atomic mass is 10.2. The minimum Gasteiger partial charge on any atom is -0.488 e. The van der Waals surface area contributed by atoms with Gasteiger partial charge in [-0.2, -0.15) is 0 Å². The summed E-state index contributed by atoms with van der Waals surface area (Å²) in [4.78, 5) is 11.9. The van der Waals surface area contributed by atoms with Gasteiger partial charge in [-0.1, -0.05) is 19.1 Å². The lowest BCUT2D eigenvalue weighted by Gasteiger charge is -2.18. The maximum atomic E-state index is 11.9. The molecule has 5 heteroatoms. The number of aliphatic hydroxyl groups is 1. The zero-order chi connectivity index (χ0) is 15.1. The Bertz CT molecular complexity index is 455. The second-order valence-corrected chi connectivity index (χ2v) is 5.41. The summed E-state index contributed by atoms with van der Waals surface area (Å²) in [6, 6.07) is 6.91. The van der Waals surface area contributed by atoms with E-state index >= 15 is 0 Å². The van der Waals surface area contributed by atoms with Crippen LogP contribution in [0, 0.1) is 0 Å². The molecule has 2 rings (SSSR count). The average Bonchev–Trinajstić information content (AvgIpc) is 3.00. The van der Waals surface area contributed by atoms with Gasteiger partial charge in [0.1, 0.15) is 5.75 Å². The number of rotatable bonds is 6. The predicted molar refractivity (Wildman–Crippen MR) is 82.6 cm³/mol. The fourth-order valence-corrected chi connectivity index (χ4v) is 2.48. The molecule has 116 valence electrons. The Balaban J connectivity index is 1.97. The first-order chi connectivity index (χ1) is 10.2. The number of carbonyl (C=O) groups excluding carboxylic acids is 1. The average molecular weight is 292 g/mol. The van der Waals surface area contributed by atoms with Crippen LogP contribution in [0.5, 0.6) is 5.75 Å². The Kier molecular flexibility index (Phi) is 5.87. The van der Waals surface area contributed by atoms with Crippen molar-refractivity contribution in [2.75, 3.05) is 11.9 Å². The Morgan fingerprint density at radius 2 is 2.10 bits per heavy atom. The third-order valence-electron chi connectivity index (χ3n) is 3.78. The highest BCUT2D eigenvalue weighted by Crippen LogP contribution is 2.29. The van der Waals surface area contributed by atoms with Crippen LogP contribution in [0.25, 0.3) is 0 Å². The van der Waals surface area contributed by atoms with Crippen LogP contribution in [0.2, 0.25) is 0 Å². The third kappa shape index (κ3) is 4.63. The van der Waals surface area contributed by atoms with Crippen LogP contribution in [-0.2, 0) is 0 Å². The normalized spacial score (nSPS) is 16.5. The summed E-state index contributed by atoms with van der Waals surface area (Å²) in [6.45, 7) is 1.85. The molecule has 1 aromatic rings. The predicted octanol–water partition coefficient (Wildman–Crippen LogP) is 2.90. The number of ether oxygens (including phenoxy) is 1. The van der Waals surface area contributed by atoms with Crippen molar-refractivity contribution in [2.45, 2.75) is 51.2 Å². The van der Waals surface area contributed by atoms with Gasteiger partial charge < -0.3 is 20.5 Å². The Labute approximate surface area is 125 Å². The molecule has 1 aliphatic rings. The van der Waals surface area contributed by atoms with Gasteiger partial charge in [0.25, 0.3) is 0 Å². The van der Waals surface area contributed by atoms with E-state index in [2.05, 4.69) is 10.6 Å². The van der Waals surface area contributed by atoms with Crippen molar-refractivity contribution in [3.63, 3.8) is 0 Å². The van der Waals surface area contributed by atoms with Crippen LogP contribution in [-0.4, -0.2) is 29.9 Å². The van der Waals surface area contributed by atoms with Gasteiger partial charge in [-0.25, -0.2) is 4.79 Å². The summed E-state index contributed by atoms with van der Waals surface area (Å²) in [5.74, 6) is 0.705. The molecule has 1 atom stereocenters. The maximum Gasteiger partial charge on any atom is 0.319 e. The second kappa shape index (κ2) is 7.88. The maximum absolute atomic E-state index is 11.9. The molecule has 0 saturated heterocycles. The summed E-state index contributed by atoms with van der Waals surface area (Å²) in [7, 11) is 0. The van der Waals surface area contributed by atoms with E-state index in [0.717, 1.165) is 12.8 Å². The summed E-state index contributed by atoms with van der Waals surface area (Å²) in [5.41, 5.74) is 0.662. The van der Waals surface area contributed by atoms with Gasteiger partial charge in [-0.15, -0.1) is 0 Å². The van der Waals surface area contributed by atoms with Crippen molar-refractivity contribution >= 4 is 11.7 Å². The molecule has 0 spiro atoms. The van der Waals surface area contributed by atoms with Crippen LogP contribution in [0.4, 0.5) is 10.5 Å². The monoisotopic (exact) mass is 292 g/mol. The number of para-hydroxylation sites is 2. The van der Waals surface area contributed by atoms with E-state index in [1.807, 2.05) is 31.2 Å². The molecule has 0 heterocycles. The summed E-state index contributed by atoms with van der Waals surface area (Å²) in [5, 5.41) is 14.6. The zero-order valence-electron chi connectivity index (χ0n) is 12.5. The summed E-state index contributed by atoms with van der Waals surface area (Å²) >= 11 is 0. The highest BCUT2D eigenvalue weighted by atomic mass is 16.5. The first kappa shape index (κ1) is 15.6. The van der Waals surface area contributed by atoms with Crippen molar-refractivity contribution in [3.8, 4) is 5.75 Å². The van der Waals surface area contributed by atoms with Crippen molar-refractivity contribution in [1.29, 1.82) is 0 Å². The zero-order valence-corrected chi connectivity index (χ0v) is 12.5. The molecule has 5 nitrogen and oxygen atoms in total. The number of hydrogen-bond acceptors (Lipinski definition) is 3. The van der Waals surface area contributed by atoms with Gasteiger partial charge in [0, 0.05) is 0 Å². The molecule has 21 heavy (non-hydrogen) atoms. The highest BCUT2D eigenvalue weighted by molar-refractivity contribution is 5.91. The Morgan fingerprint density at radius 3 is 2.76 bits per heavy atom. The molecule has 0 aliphatic heterocycles. The lowest BCUT2D eigenvalue weighted by Crippen LogP contribution is -2.39. The van der Waals surface area contributed by atoms with Crippen LogP contribution in [0.3, 0.4) is 0 Å². The molecule has 1 fully saturated rings. The Hall–Kier alpha value is -1.75. The first-order valence-corrected chi connectivity index (χ1v) is 7.67. The minimum absolute atomic E-state index is 0.0653. The summed E-state index contributed by atoms with van der Waals surface area (Å²) < 4.78 is 5.97. The SMILES string of the molecule is CCC(CO)NC(=O)Nc1ccccc1OC1CCCC1. The van der Waals surface area contributed by atoms with Gasteiger partial charge in [0.2, 0.25) is 0 Å². The standard InChI is InChI=1S/C16H24N2O3/c1-2-12(11-19)17-16(20)18-14-9-5-6-10-15(14)21-13-7-3-4-8-13/h5-6,9-10,12-13,19H,2-4,7-8,11H2,1H3,(H2,17,18,20). The highest BCUT2D eigenvalue weighted by Gasteiger charge is 2.18. The number of aliphatic hydroxyl groups excluding tert-OH is 1. The smallest absolute Gasteiger partial charge is 0.319 e. The van der Waals surface area contributed by atoms with E-state index in [0.29, 0.717) is 17.9 Å². The number of amides is 2. The van der Waals surface area contributed by atoms with Gasteiger partial charge in [0.05, 0.1) is 24.4 Å². The molecule has 1 aromatic carbocycles.